The first-order valence-electron chi connectivity index (χ1n) is 9.93. The Hall–Kier alpha value is -2.89. The molecule has 0 spiro atoms. The second kappa shape index (κ2) is 9.54. The first-order chi connectivity index (χ1) is 14.1. The molecule has 6 heteroatoms. The molecule has 0 aliphatic carbocycles. The van der Waals surface area contributed by atoms with Crippen molar-refractivity contribution in [3.8, 4) is 23.0 Å². The number of piperidine rings is 1. The number of benzene rings is 2. The zero-order valence-corrected chi connectivity index (χ0v) is 17.3. The van der Waals surface area contributed by atoms with Crippen molar-refractivity contribution in [2.45, 2.75) is 25.7 Å². The molecule has 156 valence electrons. The van der Waals surface area contributed by atoms with Gasteiger partial charge in [0.25, 0.3) is 5.91 Å². The molecular weight excluding hydrogens is 370 g/mol. The monoisotopic (exact) mass is 399 g/mol. The Morgan fingerprint density at radius 1 is 0.966 bits per heavy atom. The van der Waals surface area contributed by atoms with Crippen molar-refractivity contribution < 1.29 is 24.1 Å². The largest absolute Gasteiger partial charge is 0.508 e. The van der Waals surface area contributed by atoms with Crippen LogP contribution in [0.4, 0.5) is 0 Å². The summed E-state index contributed by atoms with van der Waals surface area (Å²) in [5.74, 6) is 2.23. The molecule has 1 N–H and O–H groups in total. The maximum atomic E-state index is 13.1. The van der Waals surface area contributed by atoms with E-state index in [1.807, 2.05) is 17.0 Å². The summed E-state index contributed by atoms with van der Waals surface area (Å²) in [6.07, 6.45) is 4.05. The van der Waals surface area contributed by atoms with Gasteiger partial charge in [-0.25, -0.2) is 0 Å². The minimum Gasteiger partial charge on any atom is -0.508 e. The summed E-state index contributed by atoms with van der Waals surface area (Å²) in [5, 5.41) is 9.39. The van der Waals surface area contributed by atoms with Crippen LogP contribution in [0.25, 0.3) is 0 Å². The van der Waals surface area contributed by atoms with Crippen LogP contribution in [0.3, 0.4) is 0 Å². The van der Waals surface area contributed by atoms with E-state index in [0.29, 0.717) is 34.5 Å². The van der Waals surface area contributed by atoms with Gasteiger partial charge in [0, 0.05) is 13.1 Å². The van der Waals surface area contributed by atoms with Gasteiger partial charge in [-0.3, -0.25) is 4.79 Å². The highest BCUT2D eigenvalue weighted by atomic mass is 16.5. The minimum atomic E-state index is -0.0419. The van der Waals surface area contributed by atoms with E-state index in [-0.39, 0.29) is 5.91 Å². The lowest BCUT2D eigenvalue weighted by Crippen LogP contribution is -2.38. The third-order valence-electron chi connectivity index (χ3n) is 5.61. The average Bonchev–Trinajstić information content (AvgIpc) is 2.77. The summed E-state index contributed by atoms with van der Waals surface area (Å²) in [5.41, 5.74) is 1.73. The van der Waals surface area contributed by atoms with E-state index in [1.54, 1.807) is 31.4 Å². The Balaban J connectivity index is 1.60. The van der Waals surface area contributed by atoms with Crippen LogP contribution in [0.15, 0.2) is 36.4 Å². The summed E-state index contributed by atoms with van der Waals surface area (Å²) in [6.45, 7) is 1.47. The molecular formula is C23H29NO5. The maximum Gasteiger partial charge on any atom is 0.257 e. The van der Waals surface area contributed by atoms with Gasteiger partial charge < -0.3 is 24.2 Å². The topological polar surface area (TPSA) is 68.2 Å². The fourth-order valence-corrected chi connectivity index (χ4v) is 3.90. The predicted octanol–water partition coefficient (Wildman–Crippen LogP) is 3.90. The smallest absolute Gasteiger partial charge is 0.257 e. The fourth-order valence-electron chi connectivity index (χ4n) is 3.90. The first kappa shape index (κ1) is 20.8. The van der Waals surface area contributed by atoms with E-state index < -0.39 is 0 Å². The quantitative estimate of drug-likeness (QED) is 0.765. The molecule has 0 saturated carbocycles. The molecule has 6 nitrogen and oxygen atoms in total. The summed E-state index contributed by atoms with van der Waals surface area (Å²) in [4.78, 5) is 15.0. The molecule has 0 unspecified atom stereocenters. The molecule has 2 aromatic rings. The van der Waals surface area contributed by atoms with E-state index >= 15 is 0 Å². The number of carbonyl (C=O) groups excluding carboxylic acids is 1. The predicted molar refractivity (Wildman–Crippen MR) is 111 cm³/mol. The lowest BCUT2D eigenvalue weighted by molar-refractivity contribution is 0.0683. The van der Waals surface area contributed by atoms with Crippen LogP contribution < -0.4 is 14.2 Å². The van der Waals surface area contributed by atoms with E-state index in [1.165, 1.54) is 19.8 Å². The molecule has 3 rings (SSSR count). The number of rotatable bonds is 7. The van der Waals surface area contributed by atoms with Crippen LogP contribution in [-0.4, -0.2) is 50.3 Å². The van der Waals surface area contributed by atoms with Crippen LogP contribution in [0, 0.1) is 5.92 Å². The summed E-state index contributed by atoms with van der Waals surface area (Å²) >= 11 is 0. The third kappa shape index (κ3) is 4.75. The maximum absolute atomic E-state index is 13.1. The number of carbonyl (C=O) groups is 1. The molecule has 0 radical (unpaired) electrons. The van der Waals surface area contributed by atoms with Crippen molar-refractivity contribution in [3.63, 3.8) is 0 Å². The van der Waals surface area contributed by atoms with Crippen molar-refractivity contribution in [1.29, 1.82) is 0 Å². The van der Waals surface area contributed by atoms with E-state index in [2.05, 4.69) is 0 Å². The number of aromatic hydroxyl groups is 1. The molecule has 0 atom stereocenters. The molecule has 2 aromatic carbocycles. The number of aryl methyl sites for hydroxylation is 1. The number of phenols is 1. The van der Waals surface area contributed by atoms with Gasteiger partial charge in [-0.05, 0) is 61.4 Å². The van der Waals surface area contributed by atoms with Crippen molar-refractivity contribution >= 4 is 5.91 Å². The minimum absolute atomic E-state index is 0.0419. The molecule has 1 amide bonds. The average molecular weight is 399 g/mol. The molecule has 29 heavy (non-hydrogen) atoms. The number of ether oxygens (including phenoxy) is 3. The number of hydrogen-bond acceptors (Lipinski definition) is 5. The number of likely N-dealkylation sites (tertiary alicyclic amines) is 1. The highest BCUT2D eigenvalue weighted by molar-refractivity contribution is 5.98. The van der Waals surface area contributed by atoms with Crippen LogP contribution in [-0.2, 0) is 6.42 Å². The molecule has 1 aliphatic heterocycles. The number of hydrogen-bond donors (Lipinski definition) is 1. The van der Waals surface area contributed by atoms with Gasteiger partial charge in [0.15, 0.2) is 11.5 Å². The zero-order chi connectivity index (χ0) is 20.8. The number of phenolic OH excluding ortho intramolecular Hbond substituents is 1. The Labute approximate surface area is 172 Å². The van der Waals surface area contributed by atoms with Gasteiger partial charge in [-0.1, -0.05) is 12.1 Å². The van der Waals surface area contributed by atoms with Crippen molar-refractivity contribution in [2.75, 3.05) is 34.4 Å². The van der Waals surface area contributed by atoms with E-state index in [4.69, 9.17) is 14.2 Å². The second-order valence-corrected chi connectivity index (χ2v) is 7.32. The molecule has 0 bridgehead atoms. The molecule has 1 aliphatic rings. The fraction of sp³-hybridized carbons (Fsp3) is 0.435. The van der Waals surface area contributed by atoms with E-state index in [0.717, 1.165) is 38.8 Å². The van der Waals surface area contributed by atoms with Crippen molar-refractivity contribution in [1.82, 2.24) is 4.90 Å². The van der Waals surface area contributed by atoms with Gasteiger partial charge in [-0.2, -0.15) is 0 Å². The number of amides is 1. The molecule has 1 fully saturated rings. The second-order valence-electron chi connectivity index (χ2n) is 7.32. The molecule has 0 aromatic heterocycles. The number of methoxy groups -OCH3 is 3. The van der Waals surface area contributed by atoms with Gasteiger partial charge in [0.05, 0.1) is 26.9 Å². The van der Waals surface area contributed by atoms with Crippen LogP contribution in [0.1, 0.15) is 35.2 Å². The Morgan fingerprint density at radius 2 is 1.62 bits per heavy atom. The first-order valence-corrected chi connectivity index (χ1v) is 9.93. The number of nitrogens with zero attached hydrogens (tertiary/aromatic N) is 1. The lowest BCUT2D eigenvalue weighted by Gasteiger charge is -2.32. The molecule has 1 saturated heterocycles. The third-order valence-corrected chi connectivity index (χ3v) is 5.61. The highest BCUT2D eigenvalue weighted by Crippen LogP contribution is 2.40. The summed E-state index contributed by atoms with van der Waals surface area (Å²) in [7, 11) is 4.62. The Bertz CT molecular complexity index is 826. The van der Waals surface area contributed by atoms with Gasteiger partial charge >= 0.3 is 0 Å². The highest BCUT2D eigenvalue weighted by Gasteiger charge is 2.27. The molecule has 1 heterocycles. The van der Waals surface area contributed by atoms with Crippen LogP contribution in [0.5, 0.6) is 23.0 Å². The SMILES string of the molecule is COc1ccc(C(=O)N2CCC(CCc3ccc(O)cc3)CC2)c(OC)c1OC. The normalized spacial score (nSPS) is 14.5. The van der Waals surface area contributed by atoms with Crippen molar-refractivity contribution in [2.24, 2.45) is 5.92 Å². The lowest BCUT2D eigenvalue weighted by atomic mass is 9.90. The Morgan fingerprint density at radius 3 is 2.21 bits per heavy atom. The zero-order valence-electron chi connectivity index (χ0n) is 17.3. The van der Waals surface area contributed by atoms with E-state index in [9.17, 15) is 9.90 Å². The summed E-state index contributed by atoms with van der Waals surface area (Å²) in [6, 6.07) is 10.9. The van der Waals surface area contributed by atoms with Gasteiger partial charge in [-0.15, -0.1) is 0 Å². The van der Waals surface area contributed by atoms with Gasteiger partial charge in [0.2, 0.25) is 5.75 Å². The Kier molecular flexibility index (Phi) is 6.86. The van der Waals surface area contributed by atoms with Crippen LogP contribution in [0.2, 0.25) is 0 Å². The van der Waals surface area contributed by atoms with Crippen molar-refractivity contribution in [3.05, 3.63) is 47.5 Å². The summed E-state index contributed by atoms with van der Waals surface area (Å²) < 4.78 is 16.2. The standard InChI is InChI=1S/C23H29NO5/c1-27-20-11-10-19(21(28-2)22(20)29-3)23(26)24-14-12-17(13-15-24)5-4-16-6-8-18(25)9-7-16/h6-11,17,25H,4-5,12-15H2,1-3H3. The van der Waals surface area contributed by atoms with Gasteiger partial charge in [0.1, 0.15) is 5.75 Å². The van der Waals surface area contributed by atoms with Crippen LogP contribution >= 0.6 is 0 Å².